The Morgan fingerprint density at radius 3 is 2.64 bits per heavy atom. The topological polar surface area (TPSA) is 61.4 Å². The molecular weight excluding hydrogens is 180 g/mol. The van der Waals surface area contributed by atoms with Gasteiger partial charge in [-0.15, -0.1) is 0 Å². The van der Waals surface area contributed by atoms with E-state index in [4.69, 9.17) is 0 Å². The Hall–Kier alpha value is -1.97. The first-order valence-corrected chi connectivity index (χ1v) is 4.11. The summed E-state index contributed by atoms with van der Waals surface area (Å²) in [7, 11) is 0. The number of aromatic hydroxyl groups is 1. The molecule has 0 spiro atoms. The second kappa shape index (κ2) is 4.32. The summed E-state index contributed by atoms with van der Waals surface area (Å²) in [6.45, 7) is 5.20. The summed E-state index contributed by atoms with van der Waals surface area (Å²) in [5.74, 6) is 0.0318. The van der Waals surface area contributed by atoms with E-state index in [1.807, 2.05) is 0 Å². The Balaban J connectivity index is 2.65. The highest BCUT2D eigenvalue weighted by Crippen LogP contribution is 2.20. The van der Waals surface area contributed by atoms with Crippen molar-refractivity contribution in [2.75, 3.05) is 5.32 Å². The minimum atomic E-state index is -0.418. The predicted molar refractivity (Wildman–Crippen MR) is 55.1 cm³/mol. The maximum absolute atomic E-state index is 11.2. The maximum Gasteiger partial charge on any atom is 0.323 e. The average Bonchev–Trinajstić information content (AvgIpc) is 2.07. The van der Waals surface area contributed by atoms with Crippen molar-refractivity contribution in [2.45, 2.75) is 6.92 Å². The number of para-hydroxylation sites is 2. The van der Waals surface area contributed by atoms with Gasteiger partial charge in [0.25, 0.3) is 0 Å². The molecule has 4 heteroatoms. The third-order valence-corrected chi connectivity index (χ3v) is 1.48. The van der Waals surface area contributed by atoms with Crippen LogP contribution in [0.2, 0.25) is 0 Å². The van der Waals surface area contributed by atoms with E-state index in [2.05, 4.69) is 17.2 Å². The van der Waals surface area contributed by atoms with Gasteiger partial charge in [0.2, 0.25) is 0 Å². The lowest BCUT2D eigenvalue weighted by molar-refractivity contribution is 0.254. The number of benzene rings is 1. The van der Waals surface area contributed by atoms with Crippen LogP contribution < -0.4 is 10.6 Å². The fourth-order valence-corrected chi connectivity index (χ4v) is 0.927. The molecule has 0 saturated heterocycles. The number of carbonyl (C=O) groups is 1. The standard InChI is InChI=1S/C10H12N2O2/c1-7(2)11-10(14)12-8-5-3-4-6-9(8)13/h3-6,13H,1H2,2H3,(H2,11,12,14). The van der Waals surface area contributed by atoms with Crippen molar-refractivity contribution in [2.24, 2.45) is 0 Å². The molecule has 0 aromatic heterocycles. The van der Waals surface area contributed by atoms with Gasteiger partial charge in [-0.1, -0.05) is 18.7 Å². The van der Waals surface area contributed by atoms with E-state index in [0.717, 1.165) is 0 Å². The van der Waals surface area contributed by atoms with Crippen LogP contribution in [0.5, 0.6) is 5.75 Å². The quantitative estimate of drug-likeness (QED) is 0.628. The predicted octanol–water partition coefficient (Wildman–Crippen LogP) is 2.05. The van der Waals surface area contributed by atoms with Crippen LogP contribution in [0.25, 0.3) is 0 Å². The van der Waals surface area contributed by atoms with Crippen molar-refractivity contribution >= 4 is 11.7 Å². The first-order chi connectivity index (χ1) is 6.59. The molecule has 0 atom stereocenters. The highest BCUT2D eigenvalue weighted by molar-refractivity contribution is 5.91. The maximum atomic E-state index is 11.2. The third kappa shape index (κ3) is 2.82. The van der Waals surface area contributed by atoms with Gasteiger partial charge in [0.15, 0.2) is 0 Å². The van der Waals surface area contributed by atoms with Crippen LogP contribution in [-0.4, -0.2) is 11.1 Å². The largest absolute Gasteiger partial charge is 0.506 e. The lowest BCUT2D eigenvalue weighted by Gasteiger charge is -2.07. The number of urea groups is 1. The molecule has 0 aliphatic rings. The molecule has 14 heavy (non-hydrogen) atoms. The molecule has 1 aromatic rings. The molecule has 0 radical (unpaired) electrons. The molecule has 3 N–H and O–H groups in total. The molecular formula is C10H12N2O2. The van der Waals surface area contributed by atoms with Crippen LogP contribution in [0, 0.1) is 0 Å². The Morgan fingerprint density at radius 2 is 2.07 bits per heavy atom. The molecule has 1 aromatic carbocycles. The fraction of sp³-hybridized carbons (Fsp3) is 0.100. The van der Waals surface area contributed by atoms with E-state index in [1.165, 1.54) is 6.07 Å². The van der Waals surface area contributed by atoms with Gasteiger partial charge in [-0.2, -0.15) is 0 Å². The van der Waals surface area contributed by atoms with E-state index >= 15 is 0 Å². The van der Waals surface area contributed by atoms with E-state index in [1.54, 1.807) is 25.1 Å². The molecule has 0 saturated carbocycles. The van der Waals surface area contributed by atoms with Gasteiger partial charge >= 0.3 is 6.03 Å². The fourth-order valence-electron chi connectivity index (χ4n) is 0.927. The minimum Gasteiger partial charge on any atom is -0.506 e. The van der Waals surface area contributed by atoms with Gasteiger partial charge < -0.3 is 15.7 Å². The number of allylic oxidation sites excluding steroid dienone is 1. The van der Waals surface area contributed by atoms with Crippen LogP contribution in [0.1, 0.15) is 6.92 Å². The highest BCUT2D eigenvalue weighted by atomic mass is 16.3. The molecule has 4 nitrogen and oxygen atoms in total. The number of phenolic OH excluding ortho intramolecular Hbond substituents is 1. The summed E-state index contributed by atoms with van der Waals surface area (Å²) in [6, 6.07) is 6.08. The number of amides is 2. The average molecular weight is 192 g/mol. The summed E-state index contributed by atoms with van der Waals surface area (Å²) in [5.41, 5.74) is 0.907. The van der Waals surface area contributed by atoms with Gasteiger partial charge in [-0.3, -0.25) is 0 Å². The molecule has 0 aliphatic carbocycles. The Morgan fingerprint density at radius 1 is 1.43 bits per heavy atom. The second-order valence-corrected chi connectivity index (χ2v) is 2.88. The van der Waals surface area contributed by atoms with Crippen LogP contribution in [0.15, 0.2) is 36.5 Å². The normalized spacial score (nSPS) is 9.21. The Labute approximate surface area is 82.3 Å². The molecule has 1 rings (SSSR count). The Kier molecular flexibility index (Phi) is 3.12. The van der Waals surface area contributed by atoms with E-state index in [9.17, 15) is 9.90 Å². The Bertz CT molecular complexity index is 361. The zero-order valence-electron chi connectivity index (χ0n) is 7.87. The van der Waals surface area contributed by atoms with Gasteiger partial charge in [0, 0.05) is 5.70 Å². The van der Waals surface area contributed by atoms with Crippen LogP contribution in [-0.2, 0) is 0 Å². The van der Waals surface area contributed by atoms with Crippen LogP contribution >= 0.6 is 0 Å². The van der Waals surface area contributed by atoms with Gasteiger partial charge in [-0.25, -0.2) is 4.79 Å². The van der Waals surface area contributed by atoms with E-state index in [0.29, 0.717) is 11.4 Å². The summed E-state index contributed by atoms with van der Waals surface area (Å²) in [4.78, 5) is 11.2. The summed E-state index contributed by atoms with van der Waals surface area (Å²) >= 11 is 0. The lowest BCUT2D eigenvalue weighted by Crippen LogP contribution is -2.26. The molecule has 74 valence electrons. The molecule has 0 fully saturated rings. The second-order valence-electron chi connectivity index (χ2n) is 2.88. The van der Waals surface area contributed by atoms with E-state index in [-0.39, 0.29) is 5.75 Å². The number of nitrogens with one attached hydrogen (secondary N) is 2. The first kappa shape index (κ1) is 10.1. The van der Waals surface area contributed by atoms with E-state index < -0.39 is 6.03 Å². The molecule has 0 bridgehead atoms. The monoisotopic (exact) mass is 192 g/mol. The number of hydrogen-bond acceptors (Lipinski definition) is 2. The molecule has 0 aliphatic heterocycles. The lowest BCUT2D eigenvalue weighted by atomic mass is 10.3. The van der Waals surface area contributed by atoms with Gasteiger partial charge in [0.05, 0.1) is 5.69 Å². The summed E-state index contributed by atoms with van der Waals surface area (Å²) in [5, 5.41) is 14.3. The smallest absolute Gasteiger partial charge is 0.323 e. The van der Waals surface area contributed by atoms with Crippen molar-refractivity contribution in [3.05, 3.63) is 36.5 Å². The minimum absolute atomic E-state index is 0.0318. The number of hydrogen-bond donors (Lipinski definition) is 3. The van der Waals surface area contributed by atoms with Crippen molar-refractivity contribution in [1.29, 1.82) is 0 Å². The van der Waals surface area contributed by atoms with Crippen LogP contribution in [0.4, 0.5) is 10.5 Å². The number of rotatable bonds is 2. The number of carbonyl (C=O) groups excluding carboxylic acids is 1. The van der Waals surface area contributed by atoms with Crippen molar-refractivity contribution in [3.8, 4) is 5.75 Å². The molecule has 2 amide bonds. The molecule has 0 heterocycles. The molecule has 0 unspecified atom stereocenters. The zero-order valence-corrected chi connectivity index (χ0v) is 7.87. The summed E-state index contributed by atoms with van der Waals surface area (Å²) < 4.78 is 0. The zero-order chi connectivity index (χ0) is 10.6. The SMILES string of the molecule is C=C(C)NC(=O)Nc1ccccc1O. The highest BCUT2D eigenvalue weighted by Gasteiger charge is 2.03. The first-order valence-electron chi connectivity index (χ1n) is 4.11. The number of anilines is 1. The third-order valence-electron chi connectivity index (χ3n) is 1.48. The van der Waals surface area contributed by atoms with Crippen LogP contribution in [0.3, 0.4) is 0 Å². The van der Waals surface area contributed by atoms with Crippen molar-refractivity contribution < 1.29 is 9.90 Å². The number of phenols is 1. The van der Waals surface area contributed by atoms with Gasteiger partial charge in [0.1, 0.15) is 5.75 Å². The van der Waals surface area contributed by atoms with Crippen molar-refractivity contribution in [3.63, 3.8) is 0 Å². The summed E-state index contributed by atoms with van der Waals surface area (Å²) in [6.07, 6.45) is 0. The van der Waals surface area contributed by atoms with Gasteiger partial charge in [-0.05, 0) is 19.1 Å². The van der Waals surface area contributed by atoms with Crippen molar-refractivity contribution in [1.82, 2.24) is 5.32 Å².